The number of nitrogens with two attached hydrogens (primary N) is 1. The van der Waals surface area contributed by atoms with E-state index in [1.165, 1.54) is 7.11 Å². The molecule has 2 rings (SSSR count). The smallest absolute Gasteiger partial charge is 0.340 e. The van der Waals surface area contributed by atoms with Gasteiger partial charge in [0.15, 0.2) is 0 Å². The average molecular weight is 291 g/mol. The minimum absolute atomic E-state index is 0.0164. The van der Waals surface area contributed by atoms with E-state index in [0.717, 1.165) is 5.56 Å². The molecule has 0 aromatic heterocycles. The number of anilines is 1. The fraction of sp³-hybridized carbons (Fsp3) is 0.467. The number of rotatable bonds is 3. The molecule has 0 unspecified atom stereocenters. The Balaban J connectivity index is 2.33. The molecule has 0 bridgehead atoms. The number of esters is 1. The van der Waals surface area contributed by atoms with Gasteiger partial charge in [0, 0.05) is 25.3 Å². The summed E-state index contributed by atoms with van der Waals surface area (Å²) < 4.78 is 4.80. The van der Waals surface area contributed by atoms with Gasteiger partial charge in [0.25, 0.3) is 0 Å². The molecule has 21 heavy (non-hydrogen) atoms. The summed E-state index contributed by atoms with van der Waals surface area (Å²) in [5.74, 6) is -0.473. The molecule has 114 valence electrons. The zero-order valence-corrected chi connectivity index (χ0v) is 12.6. The van der Waals surface area contributed by atoms with E-state index in [4.69, 9.17) is 10.5 Å². The number of ether oxygens (including phenoxy) is 1. The van der Waals surface area contributed by atoms with Gasteiger partial charge in [0.1, 0.15) is 0 Å². The summed E-state index contributed by atoms with van der Waals surface area (Å²) in [6.45, 7) is 5.51. The van der Waals surface area contributed by atoms with E-state index in [9.17, 15) is 9.59 Å². The van der Waals surface area contributed by atoms with E-state index in [1.807, 2.05) is 24.8 Å². The maximum absolute atomic E-state index is 12.0. The Morgan fingerprint density at radius 1 is 1.48 bits per heavy atom. The molecule has 0 spiro atoms. The third kappa shape index (κ3) is 2.85. The maximum atomic E-state index is 12.0. The van der Waals surface area contributed by atoms with E-state index >= 15 is 0 Å². The lowest BCUT2D eigenvalue weighted by atomic mass is 9.96. The highest BCUT2D eigenvalue weighted by Gasteiger charge is 2.37. The van der Waals surface area contributed by atoms with E-state index < -0.39 is 11.5 Å². The van der Waals surface area contributed by atoms with Gasteiger partial charge in [-0.15, -0.1) is 0 Å². The monoisotopic (exact) mass is 291 g/mol. The van der Waals surface area contributed by atoms with Crippen LogP contribution in [0.2, 0.25) is 0 Å². The van der Waals surface area contributed by atoms with Crippen LogP contribution in [0.3, 0.4) is 0 Å². The largest absolute Gasteiger partial charge is 0.465 e. The van der Waals surface area contributed by atoms with Crippen LogP contribution in [0.1, 0.15) is 29.8 Å². The fourth-order valence-corrected chi connectivity index (χ4v) is 2.53. The Morgan fingerprint density at radius 2 is 2.19 bits per heavy atom. The van der Waals surface area contributed by atoms with Gasteiger partial charge in [-0.25, -0.2) is 4.79 Å². The van der Waals surface area contributed by atoms with Crippen LogP contribution in [0.4, 0.5) is 5.69 Å². The molecule has 1 aliphatic heterocycles. The predicted octanol–water partition coefficient (Wildman–Crippen LogP) is 0.766. The number of piperazine rings is 1. The molecule has 1 aromatic carbocycles. The third-order valence-corrected chi connectivity index (χ3v) is 3.95. The average Bonchev–Trinajstić information content (AvgIpc) is 2.44. The van der Waals surface area contributed by atoms with Crippen molar-refractivity contribution in [2.45, 2.75) is 25.9 Å². The van der Waals surface area contributed by atoms with E-state index in [1.54, 1.807) is 12.1 Å². The van der Waals surface area contributed by atoms with Gasteiger partial charge in [-0.2, -0.15) is 0 Å². The molecule has 0 atom stereocenters. The number of nitrogens with zero attached hydrogens (tertiary/aromatic N) is 1. The first-order valence-corrected chi connectivity index (χ1v) is 6.87. The van der Waals surface area contributed by atoms with Crippen molar-refractivity contribution >= 4 is 17.6 Å². The number of hydrogen-bond acceptors (Lipinski definition) is 5. The van der Waals surface area contributed by atoms with Crippen molar-refractivity contribution in [1.82, 2.24) is 10.2 Å². The number of nitrogens with one attached hydrogen (secondary N) is 1. The van der Waals surface area contributed by atoms with E-state index in [0.29, 0.717) is 30.9 Å². The number of methoxy groups -OCH3 is 1. The van der Waals surface area contributed by atoms with Gasteiger partial charge in [0.2, 0.25) is 5.91 Å². The molecule has 1 saturated heterocycles. The zero-order valence-electron chi connectivity index (χ0n) is 12.6. The Morgan fingerprint density at radius 3 is 2.86 bits per heavy atom. The van der Waals surface area contributed by atoms with Crippen LogP contribution >= 0.6 is 0 Å². The van der Waals surface area contributed by atoms with E-state index in [-0.39, 0.29) is 5.91 Å². The summed E-state index contributed by atoms with van der Waals surface area (Å²) in [4.78, 5) is 25.9. The zero-order chi connectivity index (χ0) is 15.6. The topological polar surface area (TPSA) is 84.7 Å². The summed E-state index contributed by atoms with van der Waals surface area (Å²) in [6, 6.07) is 5.31. The van der Waals surface area contributed by atoms with Crippen LogP contribution in [-0.2, 0) is 16.1 Å². The normalized spacial score (nSPS) is 18.1. The summed E-state index contributed by atoms with van der Waals surface area (Å²) in [5, 5.41) is 2.85. The number of amides is 1. The molecule has 6 heteroatoms. The first-order chi connectivity index (χ1) is 9.87. The van der Waals surface area contributed by atoms with Gasteiger partial charge in [-0.05, 0) is 25.5 Å². The SMILES string of the molecule is COC(=O)c1c(N)cccc1CN1CCNC(=O)C1(C)C. The molecular formula is C15H21N3O3. The second-order valence-electron chi connectivity index (χ2n) is 5.61. The van der Waals surface area contributed by atoms with Crippen LogP contribution in [0.15, 0.2) is 18.2 Å². The highest BCUT2D eigenvalue weighted by atomic mass is 16.5. The van der Waals surface area contributed by atoms with Crippen molar-refractivity contribution in [2.75, 3.05) is 25.9 Å². The molecule has 1 aromatic rings. The Labute approximate surface area is 124 Å². The van der Waals surface area contributed by atoms with Crippen molar-refractivity contribution in [3.63, 3.8) is 0 Å². The van der Waals surface area contributed by atoms with Crippen molar-refractivity contribution < 1.29 is 14.3 Å². The molecule has 1 fully saturated rings. The summed E-state index contributed by atoms with van der Waals surface area (Å²) in [6.07, 6.45) is 0. The number of carbonyl (C=O) groups is 2. The lowest BCUT2D eigenvalue weighted by Gasteiger charge is -2.41. The van der Waals surface area contributed by atoms with Crippen LogP contribution in [-0.4, -0.2) is 42.5 Å². The first kappa shape index (κ1) is 15.3. The van der Waals surface area contributed by atoms with Crippen LogP contribution < -0.4 is 11.1 Å². The molecular weight excluding hydrogens is 270 g/mol. The van der Waals surface area contributed by atoms with Gasteiger partial charge >= 0.3 is 5.97 Å². The molecule has 1 aliphatic rings. The number of benzene rings is 1. The molecule has 0 aliphatic carbocycles. The van der Waals surface area contributed by atoms with Crippen LogP contribution in [0.25, 0.3) is 0 Å². The van der Waals surface area contributed by atoms with Gasteiger partial charge in [-0.1, -0.05) is 12.1 Å². The summed E-state index contributed by atoms with van der Waals surface area (Å²) in [7, 11) is 1.33. The third-order valence-electron chi connectivity index (χ3n) is 3.95. The Bertz CT molecular complexity index is 569. The molecule has 1 heterocycles. The molecule has 6 nitrogen and oxygen atoms in total. The van der Waals surface area contributed by atoms with Crippen molar-refractivity contribution in [2.24, 2.45) is 0 Å². The lowest BCUT2D eigenvalue weighted by molar-refractivity contribution is -0.135. The van der Waals surface area contributed by atoms with Crippen molar-refractivity contribution in [3.05, 3.63) is 29.3 Å². The molecule has 0 saturated carbocycles. The second kappa shape index (κ2) is 5.73. The lowest BCUT2D eigenvalue weighted by Crippen LogP contribution is -2.61. The van der Waals surface area contributed by atoms with E-state index in [2.05, 4.69) is 5.32 Å². The van der Waals surface area contributed by atoms with Gasteiger partial charge < -0.3 is 15.8 Å². The Hall–Kier alpha value is -2.08. The fourth-order valence-electron chi connectivity index (χ4n) is 2.53. The molecule has 3 N–H and O–H groups in total. The minimum Gasteiger partial charge on any atom is -0.465 e. The molecule has 0 radical (unpaired) electrons. The number of carbonyl (C=O) groups excluding carboxylic acids is 2. The Kier molecular flexibility index (Phi) is 4.18. The first-order valence-electron chi connectivity index (χ1n) is 6.87. The summed E-state index contributed by atoms with van der Waals surface area (Å²) >= 11 is 0. The second-order valence-corrected chi connectivity index (χ2v) is 5.61. The predicted molar refractivity (Wildman–Crippen MR) is 79.7 cm³/mol. The minimum atomic E-state index is -0.629. The summed E-state index contributed by atoms with van der Waals surface area (Å²) in [5.41, 5.74) is 6.80. The quantitative estimate of drug-likeness (QED) is 0.634. The van der Waals surface area contributed by atoms with Crippen LogP contribution in [0, 0.1) is 0 Å². The molecule has 1 amide bonds. The van der Waals surface area contributed by atoms with Crippen molar-refractivity contribution in [3.8, 4) is 0 Å². The standard InChI is InChI=1S/C15H21N3O3/c1-15(2)14(20)17-7-8-18(15)9-10-5-4-6-11(16)12(10)13(19)21-3/h4-6H,7-9,16H2,1-3H3,(H,17,20). The maximum Gasteiger partial charge on any atom is 0.340 e. The van der Waals surface area contributed by atoms with Crippen molar-refractivity contribution in [1.29, 1.82) is 0 Å². The number of hydrogen-bond donors (Lipinski definition) is 2. The van der Waals surface area contributed by atoms with Crippen LogP contribution in [0.5, 0.6) is 0 Å². The highest BCUT2D eigenvalue weighted by molar-refractivity contribution is 5.96. The highest BCUT2D eigenvalue weighted by Crippen LogP contribution is 2.25. The van der Waals surface area contributed by atoms with Gasteiger partial charge in [-0.3, -0.25) is 9.69 Å². The van der Waals surface area contributed by atoms with Gasteiger partial charge in [0.05, 0.1) is 18.2 Å². The number of nitrogen functional groups attached to an aromatic ring is 1.